The van der Waals surface area contributed by atoms with Crippen LogP contribution in [0.2, 0.25) is 0 Å². The largest absolute Gasteiger partial charge is 0.478 e. The van der Waals surface area contributed by atoms with Gasteiger partial charge in [-0.05, 0) is 36.8 Å². The second-order valence-electron chi connectivity index (χ2n) is 4.75. The second kappa shape index (κ2) is 5.90. The predicted octanol–water partition coefficient (Wildman–Crippen LogP) is 2.25. The van der Waals surface area contributed by atoms with Crippen LogP contribution in [-0.4, -0.2) is 30.8 Å². The van der Waals surface area contributed by atoms with Gasteiger partial charge in [0.05, 0.1) is 23.3 Å². The van der Waals surface area contributed by atoms with Crippen molar-refractivity contribution in [1.82, 2.24) is 4.31 Å². The normalized spacial score (nSPS) is 11.8. The minimum Gasteiger partial charge on any atom is -0.478 e. The van der Waals surface area contributed by atoms with Gasteiger partial charge in [-0.3, -0.25) is 0 Å². The average molecular weight is 327 g/mol. The van der Waals surface area contributed by atoms with Crippen molar-refractivity contribution in [2.45, 2.75) is 18.4 Å². The minimum atomic E-state index is -3.97. The molecule has 6 nitrogen and oxygen atoms in total. The Morgan fingerprint density at radius 2 is 2.09 bits per heavy atom. The highest BCUT2D eigenvalue weighted by atomic mass is 32.2. The van der Waals surface area contributed by atoms with E-state index < -0.39 is 27.4 Å². The first-order valence-corrected chi connectivity index (χ1v) is 7.69. The van der Waals surface area contributed by atoms with Gasteiger partial charge < -0.3 is 9.52 Å². The maximum Gasteiger partial charge on any atom is 0.338 e. The monoisotopic (exact) mass is 327 g/mol. The van der Waals surface area contributed by atoms with E-state index in [-0.39, 0.29) is 17.0 Å². The Hall–Kier alpha value is -2.19. The third-order valence-electron chi connectivity index (χ3n) is 3.13. The van der Waals surface area contributed by atoms with E-state index in [0.717, 1.165) is 16.4 Å². The average Bonchev–Trinajstić information content (AvgIpc) is 2.93. The van der Waals surface area contributed by atoms with Crippen LogP contribution in [0.25, 0.3) is 0 Å². The molecule has 2 rings (SSSR count). The van der Waals surface area contributed by atoms with Crippen LogP contribution in [0.4, 0.5) is 4.39 Å². The Labute approximate surface area is 126 Å². The van der Waals surface area contributed by atoms with Crippen LogP contribution in [0, 0.1) is 12.7 Å². The van der Waals surface area contributed by atoms with Crippen LogP contribution in [0.15, 0.2) is 39.8 Å². The summed E-state index contributed by atoms with van der Waals surface area (Å²) in [7, 11) is -2.64. The van der Waals surface area contributed by atoms with Gasteiger partial charge in [0.2, 0.25) is 10.0 Å². The van der Waals surface area contributed by atoms with E-state index in [1.165, 1.54) is 20.2 Å². The Bertz CT molecular complexity index is 799. The van der Waals surface area contributed by atoms with Crippen LogP contribution in [0.1, 0.15) is 21.7 Å². The van der Waals surface area contributed by atoms with E-state index in [2.05, 4.69) is 0 Å². The number of halogens is 1. The lowest BCUT2D eigenvalue weighted by molar-refractivity contribution is 0.0691. The van der Waals surface area contributed by atoms with Gasteiger partial charge in [0, 0.05) is 7.05 Å². The number of carboxylic acids is 1. The zero-order valence-corrected chi connectivity index (χ0v) is 12.7. The van der Waals surface area contributed by atoms with E-state index in [1.54, 1.807) is 12.1 Å². The zero-order chi connectivity index (χ0) is 16.5. The maximum absolute atomic E-state index is 13.7. The number of benzene rings is 1. The van der Waals surface area contributed by atoms with Gasteiger partial charge in [-0.15, -0.1) is 0 Å². The van der Waals surface area contributed by atoms with Crippen molar-refractivity contribution in [3.63, 3.8) is 0 Å². The molecule has 1 aromatic carbocycles. The molecule has 1 N–H and O–H groups in total. The first-order chi connectivity index (χ1) is 10.2. The third-order valence-corrected chi connectivity index (χ3v) is 4.91. The molecule has 0 saturated carbocycles. The highest BCUT2D eigenvalue weighted by molar-refractivity contribution is 7.89. The lowest BCUT2D eigenvalue weighted by atomic mass is 10.1. The molecule has 118 valence electrons. The van der Waals surface area contributed by atoms with Gasteiger partial charge in [-0.2, -0.15) is 4.31 Å². The van der Waals surface area contributed by atoms with Gasteiger partial charge in [-0.25, -0.2) is 17.6 Å². The highest BCUT2D eigenvalue weighted by Crippen LogP contribution is 2.23. The molecule has 0 unspecified atom stereocenters. The van der Waals surface area contributed by atoms with Crippen molar-refractivity contribution in [1.29, 1.82) is 0 Å². The van der Waals surface area contributed by atoms with Gasteiger partial charge >= 0.3 is 5.97 Å². The molecule has 0 aliphatic heterocycles. The number of sulfonamides is 1. The number of carboxylic acid groups (broad SMARTS) is 1. The van der Waals surface area contributed by atoms with Crippen molar-refractivity contribution in [3.8, 4) is 0 Å². The molecule has 0 aliphatic carbocycles. The van der Waals surface area contributed by atoms with Crippen molar-refractivity contribution >= 4 is 16.0 Å². The van der Waals surface area contributed by atoms with E-state index >= 15 is 0 Å². The molecule has 1 heterocycles. The fourth-order valence-corrected chi connectivity index (χ4v) is 3.18. The summed E-state index contributed by atoms with van der Waals surface area (Å²) in [6.45, 7) is 1.29. The topological polar surface area (TPSA) is 87.8 Å². The second-order valence-corrected chi connectivity index (χ2v) is 6.79. The summed E-state index contributed by atoms with van der Waals surface area (Å²) in [5, 5.41) is 8.96. The van der Waals surface area contributed by atoms with Gasteiger partial charge in [0.1, 0.15) is 11.6 Å². The number of aryl methyl sites for hydroxylation is 1. The molecule has 22 heavy (non-hydrogen) atoms. The molecular formula is C14H14FNO5S. The summed E-state index contributed by atoms with van der Waals surface area (Å²) in [6.07, 6.45) is 1.42. The molecular weight excluding hydrogens is 313 g/mol. The van der Waals surface area contributed by atoms with Crippen LogP contribution in [0.5, 0.6) is 0 Å². The molecule has 1 aromatic heterocycles. The fourth-order valence-electron chi connectivity index (χ4n) is 1.93. The maximum atomic E-state index is 13.7. The molecule has 0 bridgehead atoms. The van der Waals surface area contributed by atoms with Crippen molar-refractivity contribution in [2.24, 2.45) is 0 Å². The van der Waals surface area contributed by atoms with Crippen molar-refractivity contribution in [2.75, 3.05) is 7.05 Å². The lowest BCUT2D eigenvalue weighted by Crippen LogP contribution is -2.26. The number of hydrogen-bond donors (Lipinski definition) is 1. The molecule has 0 saturated heterocycles. The fraction of sp³-hybridized carbons (Fsp3) is 0.214. The molecule has 0 amide bonds. The quantitative estimate of drug-likeness (QED) is 0.910. The molecule has 0 atom stereocenters. The Kier molecular flexibility index (Phi) is 4.34. The smallest absolute Gasteiger partial charge is 0.338 e. The summed E-state index contributed by atoms with van der Waals surface area (Å²) in [5.41, 5.74) is -0.727. The molecule has 0 radical (unpaired) electrons. The van der Waals surface area contributed by atoms with Gasteiger partial charge in [0.25, 0.3) is 0 Å². The Morgan fingerprint density at radius 3 is 2.64 bits per heavy atom. The van der Waals surface area contributed by atoms with Crippen LogP contribution >= 0.6 is 0 Å². The summed E-state index contributed by atoms with van der Waals surface area (Å²) in [6, 6.07) is 5.17. The van der Waals surface area contributed by atoms with Gasteiger partial charge in [0.15, 0.2) is 0 Å². The third kappa shape index (κ3) is 3.02. The van der Waals surface area contributed by atoms with E-state index in [4.69, 9.17) is 9.52 Å². The lowest BCUT2D eigenvalue weighted by Gasteiger charge is -2.17. The standard InChI is InChI=1S/C14H14FNO5S/c1-9-6-11(7-12(13(9)15)14(17)18)22(19,20)16(2)8-10-4-3-5-21-10/h3-7H,8H2,1-2H3,(H,17,18). The van der Waals surface area contributed by atoms with E-state index in [0.29, 0.717) is 5.76 Å². The number of furan rings is 1. The van der Waals surface area contributed by atoms with E-state index in [9.17, 15) is 17.6 Å². The summed E-state index contributed by atoms with van der Waals surface area (Å²) >= 11 is 0. The molecule has 0 fully saturated rings. The molecule has 8 heteroatoms. The highest BCUT2D eigenvalue weighted by Gasteiger charge is 2.25. The number of rotatable bonds is 5. The number of aromatic carboxylic acids is 1. The molecule has 0 spiro atoms. The number of hydrogen-bond acceptors (Lipinski definition) is 4. The van der Waals surface area contributed by atoms with Crippen LogP contribution < -0.4 is 0 Å². The Balaban J connectivity index is 2.43. The van der Waals surface area contributed by atoms with Crippen LogP contribution in [-0.2, 0) is 16.6 Å². The first kappa shape index (κ1) is 16.2. The predicted molar refractivity (Wildman–Crippen MR) is 75.5 cm³/mol. The van der Waals surface area contributed by atoms with Crippen LogP contribution in [0.3, 0.4) is 0 Å². The summed E-state index contributed by atoms with van der Waals surface area (Å²) in [4.78, 5) is 10.7. The SMILES string of the molecule is Cc1cc(S(=O)(=O)N(C)Cc2ccco2)cc(C(=O)O)c1F. The Morgan fingerprint density at radius 1 is 1.41 bits per heavy atom. The number of carbonyl (C=O) groups is 1. The zero-order valence-electron chi connectivity index (χ0n) is 11.9. The van der Waals surface area contributed by atoms with Crippen molar-refractivity contribution < 1.29 is 27.1 Å². The number of nitrogens with zero attached hydrogens (tertiary/aromatic N) is 1. The van der Waals surface area contributed by atoms with Gasteiger partial charge in [-0.1, -0.05) is 0 Å². The van der Waals surface area contributed by atoms with Crippen molar-refractivity contribution in [3.05, 3.63) is 53.2 Å². The van der Waals surface area contributed by atoms with E-state index in [1.807, 2.05) is 0 Å². The summed E-state index contributed by atoms with van der Waals surface area (Å²) < 4.78 is 44.7. The first-order valence-electron chi connectivity index (χ1n) is 6.25. The molecule has 2 aromatic rings. The minimum absolute atomic E-state index is 0.0197. The molecule has 0 aliphatic rings. The summed E-state index contributed by atoms with van der Waals surface area (Å²) in [5.74, 6) is -2.03.